The minimum atomic E-state index is 0.418. The van der Waals surface area contributed by atoms with Gasteiger partial charge in [0.15, 0.2) is 0 Å². The summed E-state index contributed by atoms with van der Waals surface area (Å²) in [5.41, 5.74) is 1.21. The van der Waals surface area contributed by atoms with Gasteiger partial charge in [0.05, 0.1) is 18.1 Å². The van der Waals surface area contributed by atoms with Crippen LogP contribution < -0.4 is 5.32 Å². The van der Waals surface area contributed by atoms with Crippen LogP contribution in [-0.4, -0.2) is 66.6 Å². The first-order chi connectivity index (χ1) is 7.81. The van der Waals surface area contributed by atoms with Crippen LogP contribution >= 0.6 is 0 Å². The molecule has 0 saturated carbocycles. The van der Waals surface area contributed by atoms with Crippen LogP contribution in [-0.2, 0) is 0 Å². The smallest absolute Gasteiger partial charge is 0.0922 e. The van der Waals surface area contributed by atoms with Crippen molar-refractivity contribution in [3.63, 3.8) is 0 Å². The molecule has 16 heavy (non-hydrogen) atoms. The third-order valence-electron chi connectivity index (χ3n) is 3.25. The molecule has 1 atom stereocenters. The van der Waals surface area contributed by atoms with Gasteiger partial charge in [-0.2, -0.15) is 0 Å². The van der Waals surface area contributed by atoms with Gasteiger partial charge in [-0.3, -0.25) is 4.90 Å². The summed E-state index contributed by atoms with van der Waals surface area (Å²) in [7, 11) is 4.18. The van der Waals surface area contributed by atoms with Crippen molar-refractivity contribution >= 4 is 0 Å². The predicted molar refractivity (Wildman–Crippen MR) is 64.3 cm³/mol. The average molecular weight is 223 g/mol. The molecule has 0 amide bonds. The number of imidazole rings is 1. The fraction of sp³-hybridized carbons (Fsp3) is 0.727. The largest absolute Gasteiger partial charge is 0.347 e. The Hall–Kier alpha value is -0.910. The molecule has 1 aliphatic rings. The summed E-state index contributed by atoms with van der Waals surface area (Å²) < 4.78 is 0. The molecule has 1 aromatic rings. The number of piperazine rings is 1. The zero-order chi connectivity index (χ0) is 11.4. The first kappa shape index (κ1) is 11.6. The molecular weight excluding hydrogens is 202 g/mol. The first-order valence-electron chi connectivity index (χ1n) is 5.86. The molecule has 0 radical (unpaired) electrons. The van der Waals surface area contributed by atoms with Gasteiger partial charge in [0, 0.05) is 38.9 Å². The highest BCUT2D eigenvalue weighted by Gasteiger charge is 2.23. The standard InChI is InChI=1S/C11H21N5/c1-12-8-11(10-7-13-9-14-10)16-5-3-15(2)4-6-16/h7,9,11-12H,3-6,8H2,1-2H3,(H,13,14). The topological polar surface area (TPSA) is 47.2 Å². The van der Waals surface area contributed by atoms with Crippen molar-refractivity contribution in [3.05, 3.63) is 18.2 Å². The van der Waals surface area contributed by atoms with Crippen LogP contribution in [0.1, 0.15) is 11.7 Å². The number of nitrogens with zero attached hydrogens (tertiary/aromatic N) is 3. The van der Waals surface area contributed by atoms with Crippen molar-refractivity contribution in [1.82, 2.24) is 25.1 Å². The monoisotopic (exact) mass is 223 g/mol. The van der Waals surface area contributed by atoms with Gasteiger partial charge in [0.1, 0.15) is 0 Å². The molecule has 0 aliphatic carbocycles. The van der Waals surface area contributed by atoms with E-state index in [2.05, 4.69) is 32.1 Å². The maximum Gasteiger partial charge on any atom is 0.0922 e. The Kier molecular flexibility index (Phi) is 3.93. The molecule has 1 aliphatic heterocycles. The molecule has 1 fully saturated rings. The molecule has 2 N–H and O–H groups in total. The van der Waals surface area contributed by atoms with Crippen molar-refractivity contribution in [3.8, 4) is 0 Å². The van der Waals surface area contributed by atoms with Crippen LogP contribution in [0.25, 0.3) is 0 Å². The lowest BCUT2D eigenvalue weighted by Crippen LogP contribution is -2.47. The minimum Gasteiger partial charge on any atom is -0.347 e. The average Bonchev–Trinajstić information content (AvgIpc) is 2.81. The van der Waals surface area contributed by atoms with E-state index in [0.717, 1.165) is 32.7 Å². The van der Waals surface area contributed by atoms with E-state index in [-0.39, 0.29) is 0 Å². The van der Waals surface area contributed by atoms with E-state index < -0.39 is 0 Å². The van der Waals surface area contributed by atoms with Gasteiger partial charge in [0.2, 0.25) is 0 Å². The summed E-state index contributed by atoms with van der Waals surface area (Å²) in [6.07, 6.45) is 3.69. The molecule has 0 spiro atoms. The van der Waals surface area contributed by atoms with E-state index in [4.69, 9.17) is 0 Å². The van der Waals surface area contributed by atoms with Crippen LogP contribution in [0.5, 0.6) is 0 Å². The number of rotatable bonds is 4. The van der Waals surface area contributed by atoms with E-state index in [1.165, 1.54) is 5.69 Å². The normalized spacial score (nSPS) is 21.1. The van der Waals surface area contributed by atoms with E-state index >= 15 is 0 Å². The van der Waals surface area contributed by atoms with Crippen molar-refractivity contribution in [2.45, 2.75) is 6.04 Å². The molecule has 90 valence electrons. The van der Waals surface area contributed by atoms with Gasteiger partial charge in [-0.1, -0.05) is 0 Å². The summed E-state index contributed by atoms with van der Waals surface area (Å²) in [6, 6.07) is 0.418. The van der Waals surface area contributed by atoms with Gasteiger partial charge in [-0.15, -0.1) is 0 Å². The first-order valence-corrected chi connectivity index (χ1v) is 5.86. The second-order valence-corrected chi connectivity index (χ2v) is 4.42. The molecular formula is C11H21N5. The quantitative estimate of drug-likeness (QED) is 0.749. The van der Waals surface area contributed by atoms with Crippen LogP contribution in [0.2, 0.25) is 0 Å². The van der Waals surface area contributed by atoms with Gasteiger partial charge in [-0.05, 0) is 14.1 Å². The fourth-order valence-corrected chi connectivity index (χ4v) is 2.21. The molecule has 1 aromatic heterocycles. The second-order valence-electron chi connectivity index (χ2n) is 4.42. The van der Waals surface area contributed by atoms with E-state index in [1.807, 2.05) is 13.2 Å². The Morgan fingerprint density at radius 3 is 2.75 bits per heavy atom. The highest BCUT2D eigenvalue weighted by atomic mass is 15.3. The predicted octanol–water partition coefficient (Wildman–Crippen LogP) is -0.0824. The van der Waals surface area contributed by atoms with Gasteiger partial charge >= 0.3 is 0 Å². The Morgan fingerprint density at radius 1 is 1.44 bits per heavy atom. The van der Waals surface area contributed by atoms with Crippen LogP contribution in [0.15, 0.2) is 12.5 Å². The lowest BCUT2D eigenvalue weighted by Gasteiger charge is -2.37. The number of hydrogen-bond donors (Lipinski definition) is 2. The third kappa shape index (κ3) is 2.61. The van der Waals surface area contributed by atoms with Crippen molar-refractivity contribution in [2.75, 3.05) is 46.8 Å². The van der Waals surface area contributed by atoms with Gasteiger partial charge < -0.3 is 15.2 Å². The van der Waals surface area contributed by atoms with Gasteiger partial charge in [0.25, 0.3) is 0 Å². The van der Waals surface area contributed by atoms with Crippen molar-refractivity contribution in [2.24, 2.45) is 0 Å². The molecule has 5 heteroatoms. The zero-order valence-electron chi connectivity index (χ0n) is 10.1. The minimum absolute atomic E-state index is 0.418. The summed E-state index contributed by atoms with van der Waals surface area (Å²) in [4.78, 5) is 12.2. The molecule has 2 rings (SSSR count). The molecule has 5 nitrogen and oxygen atoms in total. The van der Waals surface area contributed by atoms with Crippen LogP contribution in [0, 0.1) is 0 Å². The number of nitrogens with one attached hydrogen (secondary N) is 2. The second kappa shape index (κ2) is 5.43. The summed E-state index contributed by atoms with van der Waals surface area (Å²) in [5.74, 6) is 0. The maximum atomic E-state index is 4.11. The Labute approximate surface area is 96.8 Å². The van der Waals surface area contributed by atoms with Crippen LogP contribution in [0.3, 0.4) is 0 Å². The Morgan fingerprint density at radius 2 is 2.19 bits per heavy atom. The Balaban J connectivity index is 2.02. The van der Waals surface area contributed by atoms with E-state index in [1.54, 1.807) is 6.33 Å². The maximum absolute atomic E-state index is 4.11. The molecule has 1 saturated heterocycles. The zero-order valence-corrected chi connectivity index (χ0v) is 10.1. The summed E-state index contributed by atoms with van der Waals surface area (Å²) in [6.45, 7) is 5.51. The molecule has 0 aromatic carbocycles. The van der Waals surface area contributed by atoms with Crippen molar-refractivity contribution < 1.29 is 0 Å². The highest BCUT2D eigenvalue weighted by Crippen LogP contribution is 2.18. The fourth-order valence-electron chi connectivity index (χ4n) is 2.21. The SMILES string of the molecule is CNCC(c1cnc[nH]1)N1CCN(C)CC1. The Bertz CT molecular complexity index is 289. The highest BCUT2D eigenvalue weighted by molar-refractivity contribution is 5.04. The number of aromatic nitrogens is 2. The lowest BCUT2D eigenvalue weighted by atomic mass is 10.1. The lowest BCUT2D eigenvalue weighted by molar-refractivity contribution is 0.109. The number of H-pyrrole nitrogens is 1. The summed E-state index contributed by atoms with van der Waals surface area (Å²) in [5, 5.41) is 3.26. The number of likely N-dealkylation sites (N-methyl/N-ethyl adjacent to an activating group) is 2. The van der Waals surface area contributed by atoms with Gasteiger partial charge in [-0.25, -0.2) is 4.98 Å². The van der Waals surface area contributed by atoms with Crippen LogP contribution in [0.4, 0.5) is 0 Å². The van der Waals surface area contributed by atoms with Crippen molar-refractivity contribution in [1.29, 1.82) is 0 Å². The number of hydrogen-bond acceptors (Lipinski definition) is 4. The number of aromatic amines is 1. The molecule has 2 heterocycles. The van der Waals surface area contributed by atoms with E-state index in [0.29, 0.717) is 6.04 Å². The summed E-state index contributed by atoms with van der Waals surface area (Å²) >= 11 is 0. The third-order valence-corrected chi connectivity index (χ3v) is 3.25. The van der Waals surface area contributed by atoms with E-state index in [9.17, 15) is 0 Å². The molecule has 1 unspecified atom stereocenters. The molecule has 0 bridgehead atoms.